The van der Waals surface area contributed by atoms with E-state index in [1.165, 1.54) is 11.3 Å². The molecule has 0 aliphatic carbocycles. The van der Waals surface area contributed by atoms with Crippen LogP contribution in [0.2, 0.25) is 0 Å². The number of carbonyl (C=O) groups excluding carboxylic acids is 2. The third kappa shape index (κ3) is 3.85. The Bertz CT molecular complexity index is 1100. The lowest BCUT2D eigenvalue weighted by Gasteiger charge is -2.06. The monoisotopic (exact) mass is 378 g/mol. The smallest absolute Gasteiger partial charge is 0.252 e. The van der Waals surface area contributed by atoms with Crippen LogP contribution in [0.1, 0.15) is 23.2 Å². The van der Waals surface area contributed by atoms with Crippen molar-refractivity contribution in [2.75, 3.05) is 11.9 Å². The second-order valence-corrected chi connectivity index (χ2v) is 7.01. The molecule has 0 unspecified atom stereocenters. The summed E-state index contributed by atoms with van der Waals surface area (Å²) in [6.45, 7) is 0.466. The first-order valence-corrected chi connectivity index (χ1v) is 9.66. The number of carbonyl (C=O) groups is 2. The first-order valence-electron chi connectivity index (χ1n) is 8.72. The second-order valence-electron chi connectivity index (χ2n) is 6.23. The number of nitrogens with one attached hydrogen (secondary N) is 2. The maximum atomic E-state index is 12.2. The van der Waals surface area contributed by atoms with Crippen molar-refractivity contribution in [3.05, 3.63) is 64.9 Å². The van der Waals surface area contributed by atoms with Crippen LogP contribution < -0.4 is 10.6 Å². The van der Waals surface area contributed by atoms with Crippen LogP contribution in [-0.4, -0.2) is 18.4 Å². The van der Waals surface area contributed by atoms with Crippen molar-refractivity contribution < 1.29 is 14.0 Å². The van der Waals surface area contributed by atoms with Crippen molar-refractivity contribution >= 4 is 50.8 Å². The minimum absolute atomic E-state index is 0.0769. The van der Waals surface area contributed by atoms with E-state index in [-0.39, 0.29) is 11.8 Å². The van der Waals surface area contributed by atoms with E-state index in [4.69, 9.17) is 4.42 Å². The van der Waals surface area contributed by atoms with Gasteiger partial charge in [0.05, 0.1) is 0 Å². The maximum absolute atomic E-state index is 12.2. The van der Waals surface area contributed by atoms with Gasteiger partial charge in [0.2, 0.25) is 5.91 Å². The summed E-state index contributed by atoms with van der Waals surface area (Å²) in [6, 6.07) is 15.2. The number of para-hydroxylation sites is 1. The molecule has 0 spiro atoms. The van der Waals surface area contributed by atoms with Crippen molar-refractivity contribution in [1.82, 2.24) is 5.32 Å². The highest BCUT2D eigenvalue weighted by Crippen LogP contribution is 2.30. The lowest BCUT2D eigenvalue weighted by molar-refractivity contribution is -0.116. The van der Waals surface area contributed by atoms with Crippen LogP contribution in [0.4, 0.5) is 5.69 Å². The van der Waals surface area contributed by atoms with Crippen LogP contribution in [0, 0.1) is 0 Å². The number of anilines is 1. The molecule has 2 aromatic heterocycles. The molecule has 0 fully saturated rings. The van der Waals surface area contributed by atoms with Gasteiger partial charge in [-0.15, -0.1) is 0 Å². The molecule has 2 N–H and O–H groups in total. The molecule has 27 heavy (non-hydrogen) atoms. The number of thiophene rings is 1. The van der Waals surface area contributed by atoms with Crippen LogP contribution in [0.15, 0.2) is 63.7 Å². The van der Waals surface area contributed by atoms with Gasteiger partial charge in [0.15, 0.2) is 0 Å². The molecule has 2 heterocycles. The van der Waals surface area contributed by atoms with Crippen molar-refractivity contribution in [3.63, 3.8) is 0 Å². The third-order valence-corrected chi connectivity index (χ3v) is 4.99. The molecule has 0 saturated heterocycles. The lowest BCUT2D eigenvalue weighted by Crippen LogP contribution is -2.25. The van der Waals surface area contributed by atoms with Crippen molar-refractivity contribution in [2.24, 2.45) is 0 Å². The van der Waals surface area contributed by atoms with Gasteiger partial charge >= 0.3 is 0 Å². The van der Waals surface area contributed by atoms with E-state index in [0.29, 0.717) is 24.9 Å². The Kier molecular flexibility index (Phi) is 4.89. The zero-order valence-electron chi connectivity index (χ0n) is 14.5. The molecule has 4 rings (SSSR count). The van der Waals surface area contributed by atoms with Gasteiger partial charge in [0.25, 0.3) is 5.91 Å². The fourth-order valence-electron chi connectivity index (χ4n) is 2.97. The number of furan rings is 1. The highest BCUT2D eigenvalue weighted by molar-refractivity contribution is 7.08. The largest absolute Gasteiger partial charge is 0.456 e. The highest BCUT2D eigenvalue weighted by atomic mass is 32.1. The zero-order valence-corrected chi connectivity index (χ0v) is 15.3. The fraction of sp³-hybridized carbons (Fsp3) is 0.143. The predicted octanol–water partition coefficient (Wildman–Crippen LogP) is 4.80. The summed E-state index contributed by atoms with van der Waals surface area (Å²) in [5, 5.41) is 11.4. The Morgan fingerprint density at radius 1 is 1.00 bits per heavy atom. The first-order chi connectivity index (χ1) is 13.2. The van der Waals surface area contributed by atoms with Gasteiger partial charge in [-0.2, -0.15) is 11.3 Å². The Labute approximate surface area is 160 Å². The van der Waals surface area contributed by atoms with E-state index in [9.17, 15) is 9.59 Å². The Morgan fingerprint density at radius 3 is 2.70 bits per heavy atom. The van der Waals surface area contributed by atoms with Crippen LogP contribution in [0.25, 0.3) is 21.9 Å². The van der Waals surface area contributed by atoms with Crippen LogP contribution in [-0.2, 0) is 4.79 Å². The molecule has 0 atom stereocenters. The van der Waals surface area contributed by atoms with Gasteiger partial charge in [0, 0.05) is 40.4 Å². The molecule has 136 valence electrons. The summed E-state index contributed by atoms with van der Waals surface area (Å²) >= 11 is 1.48. The number of hydrogen-bond acceptors (Lipinski definition) is 4. The molecule has 0 bridgehead atoms. The van der Waals surface area contributed by atoms with Crippen molar-refractivity contribution in [2.45, 2.75) is 12.8 Å². The first kappa shape index (κ1) is 17.3. The molecule has 4 aromatic rings. The molecular formula is C21H18N2O3S. The van der Waals surface area contributed by atoms with Gasteiger partial charge in [-0.1, -0.05) is 18.2 Å². The number of fused-ring (bicyclic) bond motifs is 3. The molecule has 5 nitrogen and oxygen atoms in total. The molecule has 6 heteroatoms. The van der Waals surface area contributed by atoms with Crippen LogP contribution >= 0.6 is 11.3 Å². The minimum Gasteiger partial charge on any atom is -0.456 e. The highest BCUT2D eigenvalue weighted by Gasteiger charge is 2.09. The van der Waals surface area contributed by atoms with Gasteiger partial charge in [-0.05, 0) is 42.1 Å². The van der Waals surface area contributed by atoms with Gasteiger partial charge in [0.1, 0.15) is 11.2 Å². The Hall–Kier alpha value is -3.12. The average molecular weight is 378 g/mol. The van der Waals surface area contributed by atoms with Gasteiger partial charge < -0.3 is 15.1 Å². The van der Waals surface area contributed by atoms with E-state index in [1.807, 2.05) is 47.8 Å². The number of hydrogen-bond donors (Lipinski definition) is 2. The normalized spacial score (nSPS) is 11.0. The molecule has 2 aromatic carbocycles. The number of rotatable bonds is 6. The lowest BCUT2D eigenvalue weighted by atomic mass is 10.1. The standard InChI is InChI=1S/C21H18N2O3S/c24-20(6-3-10-22-21(25)14-9-11-27-13-14)23-15-7-8-19-17(12-15)16-4-1-2-5-18(16)26-19/h1-2,4-5,7-9,11-13H,3,6,10H2,(H,22,25)(H,23,24). The van der Waals surface area contributed by atoms with Gasteiger partial charge in [-0.25, -0.2) is 0 Å². The number of benzene rings is 2. The molecule has 0 aliphatic rings. The summed E-state index contributed by atoms with van der Waals surface area (Å²) in [6.07, 6.45) is 0.923. The fourth-order valence-corrected chi connectivity index (χ4v) is 3.61. The molecule has 0 saturated carbocycles. The predicted molar refractivity (Wildman–Crippen MR) is 108 cm³/mol. The number of amides is 2. The second kappa shape index (κ2) is 7.63. The molecule has 0 aliphatic heterocycles. The summed E-state index contributed by atoms with van der Waals surface area (Å²) in [5.41, 5.74) is 3.02. The van der Waals surface area contributed by atoms with E-state index in [0.717, 1.165) is 27.6 Å². The minimum atomic E-state index is -0.103. The molecular weight excluding hydrogens is 360 g/mol. The Balaban J connectivity index is 1.32. The van der Waals surface area contributed by atoms with Crippen LogP contribution in [0.5, 0.6) is 0 Å². The SMILES string of the molecule is O=C(CCCNC(=O)c1ccsc1)Nc1ccc2oc3ccccc3c2c1. The third-order valence-electron chi connectivity index (χ3n) is 4.31. The summed E-state index contributed by atoms with van der Waals surface area (Å²) in [5.74, 6) is -0.180. The molecule has 2 amide bonds. The summed E-state index contributed by atoms with van der Waals surface area (Å²) < 4.78 is 5.79. The summed E-state index contributed by atoms with van der Waals surface area (Å²) in [7, 11) is 0. The molecule has 0 radical (unpaired) electrons. The van der Waals surface area contributed by atoms with Crippen molar-refractivity contribution in [3.8, 4) is 0 Å². The average Bonchev–Trinajstić information content (AvgIpc) is 3.33. The zero-order chi connectivity index (χ0) is 18.6. The van der Waals surface area contributed by atoms with Crippen LogP contribution in [0.3, 0.4) is 0 Å². The maximum Gasteiger partial charge on any atom is 0.252 e. The van der Waals surface area contributed by atoms with Gasteiger partial charge in [-0.3, -0.25) is 9.59 Å². The quantitative estimate of drug-likeness (QED) is 0.474. The van der Waals surface area contributed by atoms with Crippen molar-refractivity contribution in [1.29, 1.82) is 0 Å². The van der Waals surface area contributed by atoms with E-state index < -0.39 is 0 Å². The summed E-state index contributed by atoms with van der Waals surface area (Å²) in [4.78, 5) is 24.0. The Morgan fingerprint density at radius 2 is 1.85 bits per heavy atom. The van der Waals surface area contributed by atoms with E-state index >= 15 is 0 Å². The topological polar surface area (TPSA) is 71.3 Å². The van der Waals surface area contributed by atoms with E-state index in [2.05, 4.69) is 10.6 Å². The van der Waals surface area contributed by atoms with E-state index in [1.54, 1.807) is 11.4 Å².